The third-order valence-corrected chi connectivity index (χ3v) is 5.55. The smallest absolute Gasteiger partial charge is 0.293 e. The fraction of sp³-hybridized carbons (Fsp3) is 0.182. The van der Waals surface area contributed by atoms with Gasteiger partial charge in [0.15, 0.2) is 11.5 Å². The summed E-state index contributed by atoms with van der Waals surface area (Å²) in [6.07, 6.45) is 6.88. The first-order valence-corrected chi connectivity index (χ1v) is 10.6. The number of halogens is 2. The van der Waals surface area contributed by atoms with Crippen LogP contribution in [0.3, 0.4) is 0 Å². The van der Waals surface area contributed by atoms with E-state index < -0.39 is 5.91 Å². The lowest BCUT2D eigenvalue weighted by Crippen LogP contribution is -2.27. The van der Waals surface area contributed by atoms with Gasteiger partial charge in [0.2, 0.25) is 0 Å². The summed E-state index contributed by atoms with van der Waals surface area (Å²) in [4.78, 5) is 26.5. The molecule has 0 saturated carbocycles. The standard InChI is InChI=1S/C22H17BrFNO4S/c1-3-9-29-20-17(23)10-15(11-18(20)28-4-2)12-19-21(26)25(22(27)30-19)13-14-5-7-16(24)8-6-14/h1,5-8,10-12H,4,9,13H2,2H3/b19-12+. The highest BCUT2D eigenvalue weighted by molar-refractivity contribution is 9.10. The first kappa shape index (κ1) is 21.9. The van der Waals surface area contributed by atoms with Crippen molar-refractivity contribution in [3.05, 3.63) is 62.7 Å². The maximum Gasteiger partial charge on any atom is 0.293 e. The Hall–Kier alpha value is -2.76. The summed E-state index contributed by atoms with van der Waals surface area (Å²) < 4.78 is 24.9. The Bertz CT molecular complexity index is 1050. The molecule has 0 unspecified atom stereocenters. The van der Waals surface area contributed by atoms with Crippen LogP contribution in [0.4, 0.5) is 9.18 Å². The van der Waals surface area contributed by atoms with Gasteiger partial charge in [-0.15, -0.1) is 6.42 Å². The zero-order valence-corrected chi connectivity index (χ0v) is 18.4. The van der Waals surface area contributed by atoms with E-state index in [-0.39, 0.29) is 29.1 Å². The number of carbonyl (C=O) groups excluding carboxylic acids is 2. The molecule has 1 saturated heterocycles. The maximum absolute atomic E-state index is 13.1. The predicted octanol–water partition coefficient (Wildman–Crippen LogP) is 5.24. The Morgan fingerprint density at radius 3 is 2.63 bits per heavy atom. The van der Waals surface area contributed by atoms with Crippen LogP contribution in [0, 0.1) is 18.2 Å². The Labute approximate surface area is 186 Å². The highest BCUT2D eigenvalue weighted by atomic mass is 79.9. The van der Waals surface area contributed by atoms with E-state index in [0.29, 0.717) is 33.7 Å². The number of imide groups is 1. The first-order chi connectivity index (χ1) is 14.4. The summed E-state index contributed by atoms with van der Waals surface area (Å²) in [5.41, 5.74) is 1.32. The molecule has 0 radical (unpaired) electrons. The van der Waals surface area contributed by atoms with Crippen molar-refractivity contribution in [2.75, 3.05) is 13.2 Å². The highest BCUT2D eigenvalue weighted by Crippen LogP contribution is 2.39. The van der Waals surface area contributed by atoms with Crippen LogP contribution in [0.25, 0.3) is 6.08 Å². The molecule has 1 aliphatic rings. The Balaban J connectivity index is 1.85. The van der Waals surface area contributed by atoms with Gasteiger partial charge in [0.1, 0.15) is 12.4 Å². The van der Waals surface area contributed by atoms with Crippen LogP contribution in [-0.4, -0.2) is 29.3 Å². The molecule has 2 aromatic rings. The van der Waals surface area contributed by atoms with E-state index >= 15 is 0 Å². The van der Waals surface area contributed by atoms with E-state index in [1.807, 2.05) is 6.92 Å². The number of hydrogen-bond donors (Lipinski definition) is 0. The second-order valence-corrected chi connectivity index (χ2v) is 8.00. The van der Waals surface area contributed by atoms with E-state index in [4.69, 9.17) is 15.9 Å². The molecule has 0 N–H and O–H groups in total. The van der Waals surface area contributed by atoms with Crippen molar-refractivity contribution in [1.82, 2.24) is 4.90 Å². The molecule has 0 aliphatic carbocycles. The van der Waals surface area contributed by atoms with Crippen LogP contribution >= 0.6 is 27.7 Å². The summed E-state index contributed by atoms with van der Waals surface area (Å²) >= 11 is 4.29. The molecule has 0 bridgehead atoms. The first-order valence-electron chi connectivity index (χ1n) is 8.95. The van der Waals surface area contributed by atoms with Crippen molar-refractivity contribution in [2.45, 2.75) is 13.5 Å². The monoisotopic (exact) mass is 489 g/mol. The van der Waals surface area contributed by atoms with Crippen LogP contribution in [0.2, 0.25) is 0 Å². The van der Waals surface area contributed by atoms with Gasteiger partial charge in [-0.2, -0.15) is 0 Å². The topological polar surface area (TPSA) is 55.8 Å². The lowest BCUT2D eigenvalue weighted by molar-refractivity contribution is -0.123. The number of ether oxygens (including phenoxy) is 2. The van der Waals surface area contributed by atoms with Gasteiger partial charge >= 0.3 is 0 Å². The number of rotatable bonds is 7. The number of benzene rings is 2. The maximum atomic E-state index is 13.1. The molecule has 1 fully saturated rings. The molecule has 8 heteroatoms. The second kappa shape index (κ2) is 9.83. The lowest BCUT2D eigenvalue weighted by Gasteiger charge is -2.13. The van der Waals surface area contributed by atoms with E-state index in [1.54, 1.807) is 30.3 Å². The number of nitrogens with zero attached hydrogens (tertiary/aromatic N) is 1. The number of carbonyl (C=O) groups is 2. The number of amides is 2. The molecule has 2 amide bonds. The average Bonchev–Trinajstić information content (AvgIpc) is 2.96. The summed E-state index contributed by atoms with van der Waals surface area (Å²) in [6, 6.07) is 9.14. The van der Waals surface area contributed by atoms with Crippen LogP contribution < -0.4 is 9.47 Å². The van der Waals surface area contributed by atoms with E-state index in [2.05, 4.69) is 21.9 Å². The van der Waals surface area contributed by atoms with E-state index in [0.717, 1.165) is 16.7 Å². The average molecular weight is 490 g/mol. The molecule has 3 rings (SSSR count). The molecular weight excluding hydrogens is 473 g/mol. The molecule has 5 nitrogen and oxygen atoms in total. The van der Waals surface area contributed by atoms with Gasteiger partial charge in [0.05, 0.1) is 22.5 Å². The molecule has 2 aromatic carbocycles. The Morgan fingerprint density at radius 2 is 1.97 bits per heavy atom. The highest BCUT2D eigenvalue weighted by Gasteiger charge is 2.35. The predicted molar refractivity (Wildman–Crippen MR) is 118 cm³/mol. The number of thioether (sulfide) groups is 1. The van der Waals surface area contributed by atoms with Gasteiger partial charge < -0.3 is 9.47 Å². The molecule has 0 atom stereocenters. The normalized spacial score (nSPS) is 14.9. The van der Waals surface area contributed by atoms with Crippen molar-refractivity contribution in [3.8, 4) is 23.8 Å². The zero-order chi connectivity index (χ0) is 21.7. The van der Waals surface area contributed by atoms with Crippen LogP contribution in [0.1, 0.15) is 18.1 Å². The fourth-order valence-electron chi connectivity index (χ4n) is 2.75. The number of hydrogen-bond acceptors (Lipinski definition) is 5. The van der Waals surface area contributed by atoms with Crippen LogP contribution in [0.15, 0.2) is 45.8 Å². The fourth-order valence-corrected chi connectivity index (χ4v) is 4.16. The summed E-state index contributed by atoms with van der Waals surface area (Å²) in [7, 11) is 0. The quantitative estimate of drug-likeness (QED) is 0.393. The molecule has 0 spiro atoms. The van der Waals surface area contributed by atoms with Crippen LogP contribution in [-0.2, 0) is 11.3 Å². The van der Waals surface area contributed by atoms with Gasteiger partial charge in [-0.1, -0.05) is 18.1 Å². The molecule has 1 aliphatic heterocycles. The van der Waals surface area contributed by atoms with Crippen molar-refractivity contribution in [1.29, 1.82) is 0 Å². The van der Waals surface area contributed by atoms with E-state index in [9.17, 15) is 14.0 Å². The van der Waals surface area contributed by atoms with Crippen molar-refractivity contribution < 1.29 is 23.5 Å². The minimum absolute atomic E-state index is 0.0784. The van der Waals surface area contributed by atoms with Crippen molar-refractivity contribution in [3.63, 3.8) is 0 Å². The lowest BCUT2D eigenvalue weighted by atomic mass is 10.1. The zero-order valence-electron chi connectivity index (χ0n) is 16.0. The van der Waals surface area contributed by atoms with Crippen LogP contribution in [0.5, 0.6) is 11.5 Å². The largest absolute Gasteiger partial charge is 0.490 e. The van der Waals surface area contributed by atoms with Gasteiger partial charge in [0.25, 0.3) is 11.1 Å². The molecule has 0 aromatic heterocycles. The molecule has 1 heterocycles. The van der Waals surface area contributed by atoms with Gasteiger partial charge in [-0.25, -0.2) is 4.39 Å². The van der Waals surface area contributed by atoms with Crippen molar-refractivity contribution in [2.24, 2.45) is 0 Å². The van der Waals surface area contributed by atoms with Gasteiger partial charge in [-0.05, 0) is 76.1 Å². The van der Waals surface area contributed by atoms with Gasteiger partial charge in [-0.3, -0.25) is 14.5 Å². The molecular formula is C22H17BrFNO4S. The second-order valence-electron chi connectivity index (χ2n) is 6.15. The Morgan fingerprint density at radius 1 is 1.23 bits per heavy atom. The third-order valence-electron chi connectivity index (χ3n) is 4.06. The summed E-state index contributed by atoms with van der Waals surface area (Å²) in [5.74, 6) is 2.56. The minimum Gasteiger partial charge on any atom is -0.490 e. The summed E-state index contributed by atoms with van der Waals surface area (Å²) in [6.45, 7) is 2.41. The molecule has 154 valence electrons. The Kier molecular flexibility index (Phi) is 7.19. The van der Waals surface area contributed by atoms with Gasteiger partial charge in [0, 0.05) is 0 Å². The minimum atomic E-state index is -0.406. The van der Waals surface area contributed by atoms with Crippen molar-refractivity contribution >= 4 is 44.9 Å². The third kappa shape index (κ3) is 5.04. The SMILES string of the molecule is C#CCOc1c(Br)cc(/C=C2/SC(=O)N(Cc3ccc(F)cc3)C2=O)cc1OCC. The molecule has 30 heavy (non-hydrogen) atoms. The number of terminal acetylenes is 1. The summed E-state index contributed by atoms with van der Waals surface area (Å²) in [5, 5.41) is -0.381. The van der Waals surface area contributed by atoms with E-state index in [1.165, 1.54) is 12.1 Å².